The number of alkyl halides is 1. The van der Waals surface area contributed by atoms with Gasteiger partial charge in [-0.1, -0.05) is 0 Å². The average molecular weight is 284 g/mol. The molecular formula is C14H22ClN3O. The maximum absolute atomic E-state index is 12.6. The van der Waals surface area contributed by atoms with Gasteiger partial charge in [-0.3, -0.25) is 9.48 Å². The number of amides is 1. The Kier molecular flexibility index (Phi) is 4.86. The summed E-state index contributed by atoms with van der Waals surface area (Å²) in [6, 6.07) is 1.89. The van der Waals surface area contributed by atoms with E-state index in [1.54, 1.807) is 4.68 Å². The van der Waals surface area contributed by atoms with Crippen LogP contribution in [0, 0.1) is 12.8 Å². The average Bonchev–Trinajstić information content (AvgIpc) is 2.80. The third kappa shape index (κ3) is 3.30. The molecule has 1 aromatic heterocycles. The van der Waals surface area contributed by atoms with Crippen molar-refractivity contribution < 1.29 is 4.79 Å². The summed E-state index contributed by atoms with van der Waals surface area (Å²) in [6.45, 7) is 6.35. The van der Waals surface area contributed by atoms with Gasteiger partial charge in [-0.15, -0.1) is 11.6 Å². The van der Waals surface area contributed by atoms with Crippen LogP contribution in [0.3, 0.4) is 0 Å². The summed E-state index contributed by atoms with van der Waals surface area (Å²) in [5.74, 6) is 1.34. The lowest BCUT2D eigenvalue weighted by atomic mass is 9.95. The maximum atomic E-state index is 12.6. The van der Waals surface area contributed by atoms with Gasteiger partial charge in [0.2, 0.25) is 0 Å². The van der Waals surface area contributed by atoms with E-state index in [4.69, 9.17) is 11.6 Å². The molecule has 2 heterocycles. The van der Waals surface area contributed by atoms with Crippen LogP contribution in [0.1, 0.15) is 42.4 Å². The maximum Gasteiger partial charge on any atom is 0.272 e. The fourth-order valence-corrected chi connectivity index (χ4v) is 3.07. The van der Waals surface area contributed by atoms with E-state index >= 15 is 0 Å². The van der Waals surface area contributed by atoms with Crippen molar-refractivity contribution in [2.45, 2.75) is 39.7 Å². The number of carbonyl (C=O) groups is 1. The van der Waals surface area contributed by atoms with Gasteiger partial charge in [-0.2, -0.15) is 5.10 Å². The molecule has 0 spiro atoms. The van der Waals surface area contributed by atoms with Gasteiger partial charge in [0.1, 0.15) is 5.69 Å². The summed E-state index contributed by atoms with van der Waals surface area (Å²) in [4.78, 5) is 14.5. The number of aryl methyl sites for hydroxylation is 2. The molecule has 0 N–H and O–H groups in total. The minimum atomic E-state index is 0.113. The van der Waals surface area contributed by atoms with Crippen LogP contribution in [-0.4, -0.2) is 39.6 Å². The number of halogens is 1. The van der Waals surface area contributed by atoms with Crippen molar-refractivity contribution in [2.24, 2.45) is 5.92 Å². The molecule has 19 heavy (non-hydrogen) atoms. The molecular weight excluding hydrogens is 262 g/mol. The first-order chi connectivity index (χ1) is 9.15. The van der Waals surface area contributed by atoms with Crippen LogP contribution in [0.25, 0.3) is 0 Å². The third-order valence-electron chi connectivity index (χ3n) is 3.74. The normalized spacial score (nSPS) is 19.7. The lowest BCUT2D eigenvalue weighted by Crippen LogP contribution is -2.40. The molecule has 1 saturated heterocycles. The molecule has 0 aromatic carbocycles. The monoisotopic (exact) mass is 283 g/mol. The zero-order valence-corrected chi connectivity index (χ0v) is 12.5. The Morgan fingerprint density at radius 2 is 2.37 bits per heavy atom. The lowest BCUT2D eigenvalue weighted by Gasteiger charge is -2.32. The Bertz CT molecular complexity index is 442. The van der Waals surface area contributed by atoms with E-state index in [1.165, 1.54) is 6.42 Å². The van der Waals surface area contributed by atoms with Gasteiger partial charge in [-0.25, -0.2) is 0 Å². The minimum absolute atomic E-state index is 0.113. The summed E-state index contributed by atoms with van der Waals surface area (Å²) >= 11 is 5.81. The highest BCUT2D eigenvalue weighted by molar-refractivity contribution is 6.17. The summed E-state index contributed by atoms with van der Waals surface area (Å²) in [6.07, 6.45) is 3.26. The van der Waals surface area contributed by atoms with Gasteiger partial charge in [-0.05, 0) is 45.1 Å². The predicted octanol–water partition coefficient (Wildman–Crippen LogP) is 2.69. The summed E-state index contributed by atoms with van der Waals surface area (Å²) in [7, 11) is 0. The van der Waals surface area contributed by atoms with Crippen molar-refractivity contribution in [3.8, 4) is 0 Å². The Labute approximate surface area is 119 Å². The molecule has 1 fully saturated rings. The first-order valence-corrected chi connectivity index (χ1v) is 7.58. The minimum Gasteiger partial charge on any atom is -0.337 e. The van der Waals surface area contributed by atoms with Crippen LogP contribution in [-0.2, 0) is 6.54 Å². The largest absolute Gasteiger partial charge is 0.337 e. The summed E-state index contributed by atoms with van der Waals surface area (Å²) in [5, 5.41) is 4.35. The van der Waals surface area contributed by atoms with E-state index in [0.29, 0.717) is 17.5 Å². The van der Waals surface area contributed by atoms with Crippen LogP contribution in [0.4, 0.5) is 0 Å². The number of carbonyl (C=O) groups excluding carboxylic acids is 1. The van der Waals surface area contributed by atoms with E-state index in [-0.39, 0.29) is 5.91 Å². The number of nitrogens with zero attached hydrogens (tertiary/aromatic N) is 3. The predicted molar refractivity (Wildman–Crippen MR) is 76.6 cm³/mol. The van der Waals surface area contributed by atoms with E-state index in [2.05, 4.69) is 5.10 Å². The van der Waals surface area contributed by atoms with E-state index in [1.807, 2.05) is 24.8 Å². The molecule has 0 aliphatic carbocycles. The number of piperidine rings is 1. The van der Waals surface area contributed by atoms with Gasteiger partial charge >= 0.3 is 0 Å². The van der Waals surface area contributed by atoms with Crippen LogP contribution in [0.5, 0.6) is 0 Å². The van der Waals surface area contributed by atoms with Crippen LogP contribution >= 0.6 is 11.6 Å². The van der Waals surface area contributed by atoms with Crippen LogP contribution < -0.4 is 0 Å². The number of hydrogen-bond donors (Lipinski definition) is 0. The number of likely N-dealkylation sites (tertiary alicyclic amines) is 1. The molecule has 5 heteroatoms. The second-order valence-electron chi connectivity index (χ2n) is 5.22. The summed E-state index contributed by atoms with van der Waals surface area (Å²) < 4.78 is 1.79. The van der Waals surface area contributed by atoms with Crippen molar-refractivity contribution in [2.75, 3.05) is 19.0 Å². The van der Waals surface area contributed by atoms with Gasteiger partial charge < -0.3 is 4.90 Å². The highest BCUT2D eigenvalue weighted by atomic mass is 35.5. The third-order valence-corrected chi connectivity index (χ3v) is 3.96. The molecule has 0 saturated carbocycles. The van der Waals surface area contributed by atoms with Crippen molar-refractivity contribution in [1.29, 1.82) is 0 Å². The molecule has 1 atom stereocenters. The molecule has 4 nitrogen and oxygen atoms in total. The second-order valence-corrected chi connectivity index (χ2v) is 5.60. The van der Waals surface area contributed by atoms with E-state index in [9.17, 15) is 4.79 Å². The van der Waals surface area contributed by atoms with E-state index < -0.39 is 0 Å². The Morgan fingerprint density at radius 1 is 1.58 bits per heavy atom. The SMILES string of the molecule is CCn1nc(C)cc1C(=O)N1CCCC(CCCl)C1. The quantitative estimate of drug-likeness (QED) is 0.797. The standard InChI is InChI=1S/C14H22ClN3O/c1-3-18-13(9-11(2)16-18)14(19)17-8-4-5-12(10-17)6-7-15/h9,12H,3-8,10H2,1-2H3. The number of aromatic nitrogens is 2. The van der Waals surface area contributed by atoms with Crippen LogP contribution in [0.15, 0.2) is 6.07 Å². The first kappa shape index (κ1) is 14.4. The highest BCUT2D eigenvalue weighted by Gasteiger charge is 2.26. The highest BCUT2D eigenvalue weighted by Crippen LogP contribution is 2.21. The van der Waals surface area contributed by atoms with Crippen molar-refractivity contribution in [3.63, 3.8) is 0 Å². The zero-order valence-electron chi connectivity index (χ0n) is 11.7. The molecule has 1 unspecified atom stereocenters. The lowest BCUT2D eigenvalue weighted by molar-refractivity contribution is 0.0659. The van der Waals surface area contributed by atoms with Crippen molar-refractivity contribution in [1.82, 2.24) is 14.7 Å². The molecule has 1 amide bonds. The Balaban J connectivity index is 2.10. The van der Waals surface area contributed by atoms with Gasteiger partial charge in [0.05, 0.1) is 5.69 Å². The zero-order chi connectivity index (χ0) is 13.8. The molecule has 1 aliphatic heterocycles. The Morgan fingerprint density at radius 3 is 3.05 bits per heavy atom. The van der Waals surface area contributed by atoms with Gasteiger partial charge in [0, 0.05) is 25.5 Å². The molecule has 0 radical (unpaired) electrons. The number of hydrogen-bond acceptors (Lipinski definition) is 2. The number of rotatable bonds is 4. The second kappa shape index (κ2) is 6.42. The fraction of sp³-hybridized carbons (Fsp3) is 0.714. The molecule has 1 aromatic rings. The summed E-state index contributed by atoms with van der Waals surface area (Å²) in [5.41, 5.74) is 1.62. The van der Waals surface area contributed by atoms with Gasteiger partial charge in [0.15, 0.2) is 0 Å². The van der Waals surface area contributed by atoms with Crippen molar-refractivity contribution in [3.05, 3.63) is 17.5 Å². The molecule has 2 rings (SSSR count). The molecule has 106 valence electrons. The first-order valence-electron chi connectivity index (χ1n) is 7.05. The van der Waals surface area contributed by atoms with Crippen LogP contribution in [0.2, 0.25) is 0 Å². The molecule has 1 aliphatic rings. The van der Waals surface area contributed by atoms with Gasteiger partial charge in [0.25, 0.3) is 5.91 Å². The molecule has 0 bridgehead atoms. The van der Waals surface area contributed by atoms with E-state index in [0.717, 1.165) is 38.2 Å². The smallest absolute Gasteiger partial charge is 0.272 e. The Hall–Kier alpha value is -1.03. The van der Waals surface area contributed by atoms with Crippen molar-refractivity contribution >= 4 is 17.5 Å². The fourth-order valence-electron chi connectivity index (χ4n) is 2.76. The topological polar surface area (TPSA) is 38.1 Å².